The van der Waals surface area contributed by atoms with E-state index < -0.39 is 5.54 Å². The number of rotatable bonds is 4. The topological polar surface area (TPSA) is 47.9 Å². The lowest BCUT2D eigenvalue weighted by Crippen LogP contribution is -2.21. The van der Waals surface area contributed by atoms with Crippen molar-refractivity contribution in [2.24, 2.45) is 4.99 Å². The van der Waals surface area contributed by atoms with Crippen LogP contribution in [-0.2, 0) is 10.3 Å². The van der Waals surface area contributed by atoms with E-state index in [4.69, 9.17) is 9.47 Å². The van der Waals surface area contributed by atoms with Gasteiger partial charge in [0.15, 0.2) is 11.5 Å². The number of benzene rings is 1. The van der Waals surface area contributed by atoms with Crippen molar-refractivity contribution in [1.29, 1.82) is 0 Å². The smallest absolute Gasteiger partial charge is 0.235 e. The molecule has 0 unspecified atom stereocenters. The molecule has 1 saturated carbocycles. The van der Waals surface area contributed by atoms with E-state index in [1.807, 2.05) is 12.1 Å². The van der Waals surface area contributed by atoms with Gasteiger partial charge in [-0.15, -0.1) is 0 Å². The van der Waals surface area contributed by atoms with Crippen molar-refractivity contribution in [3.05, 3.63) is 22.2 Å². The monoisotopic (exact) mass is 325 g/mol. The molecule has 1 aromatic carbocycles. The third-order valence-electron chi connectivity index (χ3n) is 3.65. The Balaban J connectivity index is 2.68. The van der Waals surface area contributed by atoms with Gasteiger partial charge in [0.25, 0.3) is 0 Å². The lowest BCUT2D eigenvalue weighted by Gasteiger charge is -2.27. The molecule has 2 rings (SSSR count). The van der Waals surface area contributed by atoms with E-state index in [1.165, 1.54) is 0 Å². The fourth-order valence-corrected chi connectivity index (χ4v) is 3.48. The van der Waals surface area contributed by atoms with E-state index in [-0.39, 0.29) is 0 Å². The third kappa shape index (κ3) is 2.40. The Morgan fingerprint density at radius 3 is 2.47 bits per heavy atom. The summed E-state index contributed by atoms with van der Waals surface area (Å²) in [7, 11) is 3.20. The quantitative estimate of drug-likeness (QED) is 0.628. The van der Waals surface area contributed by atoms with Crippen molar-refractivity contribution in [3.63, 3.8) is 0 Å². The summed E-state index contributed by atoms with van der Waals surface area (Å²) in [5.41, 5.74) is 0.343. The molecule has 1 aliphatic rings. The van der Waals surface area contributed by atoms with Crippen LogP contribution >= 0.6 is 15.9 Å². The van der Waals surface area contributed by atoms with E-state index in [1.54, 1.807) is 20.3 Å². The number of aliphatic imine (C=N–C) groups is 1. The Morgan fingerprint density at radius 2 is 1.95 bits per heavy atom. The Morgan fingerprint density at radius 1 is 1.26 bits per heavy atom. The molecule has 0 atom stereocenters. The summed E-state index contributed by atoms with van der Waals surface area (Å²) in [6.45, 7) is 0. The fourth-order valence-electron chi connectivity index (χ4n) is 2.80. The van der Waals surface area contributed by atoms with Crippen LogP contribution in [0.2, 0.25) is 0 Å². The third-order valence-corrected chi connectivity index (χ3v) is 4.31. The normalized spacial score (nSPS) is 16.8. The minimum absolute atomic E-state index is 0.541. The molecule has 5 heteroatoms. The Hall–Kier alpha value is -1.32. The maximum Gasteiger partial charge on any atom is 0.235 e. The van der Waals surface area contributed by atoms with Gasteiger partial charge in [-0.2, -0.15) is 4.99 Å². The molecule has 0 heterocycles. The van der Waals surface area contributed by atoms with Gasteiger partial charge in [0.2, 0.25) is 6.08 Å². The van der Waals surface area contributed by atoms with E-state index >= 15 is 0 Å². The van der Waals surface area contributed by atoms with Crippen molar-refractivity contribution in [2.45, 2.75) is 31.2 Å². The molecule has 0 bridgehead atoms. The summed E-state index contributed by atoms with van der Waals surface area (Å²) in [5.74, 6) is 1.28. The maximum absolute atomic E-state index is 10.8. The summed E-state index contributed by atoms with van der Waals surface area (Å²) >= 11 is 3.54. The molecule has 0 aliphatic heterocycles. The zero-order valence-electron chi connectivity index (χ0n) is 11.0. The predicted octanol–water partition coefficient (Wildman–Crippen LogP) is 3.57. The molecular formula is C14H16BrNO3. The van der Waals surface area contributed by atoms with Crippen molar-refractivity contribution in [3.8, 4) is 11.5 Å². The number of hydrogen-bond acceptors (Lipinski definition) is 4. The molecule has 1 aromatic rings. The van der Waals surface area contributed by atoms with Crippen LogP contribution in [0.1, 0.15) is 31.2 Å². The van der Waals surface area contributed by atoms with Gasteiger partial charge in [-0.1, -0.05) is 28.8 Å². The number of ether oxygens (including phenoxy) is 2. The minimum Gasteiger partial charge on any atom is -0.493 e. The van der Waals surface area contributed by atoms with Gasteiger partial charge in [0.1, 0.15) is 5.54 Å². The first kappa shape index (κ1) is 14.1. The molecule has 0 N–H and O–H groups in total. The van der Waals surface area contributed by atoms with E-state index in [0.29, 0.717) is 11.5 Å². The Kier molecular flexibility index (Phi) is 4.27. The summed E-state index contributed by atoms with van der Waals surface area (Å²) in [4.78, 5) is 14.9. The van der Waals surface area contributed by atoms with Gasteiger partial charge in [-0.05, 0) is 25.0 Å². The van der Waals surface area contributed by atoms with Gasteiger partial charge >= 0.3 is 0 Å². The molecule has 102 valence electrons. The fraction of sp³-hybridized carbons (Fsp3) is 0.500. The van der Waals surface area contributed by atoms with Crippen molar-refractivity contribution < 1.29 is 14.3 Å². The standard InChI is InChI=1S/C14H16BrNO3/c1-18-11-6-5-10(15)12(13(11)19-2)14(16-9-17)7-3-4-8-14/h5-6H,3-4,7-8H2,1-2H3. The second kappa shape index (κ2) is 5.76. The van der Waals surface area contributed by atoms with E-state index in [9.17, 15) is 4.79 Å². The zero-order chi connectivity index (χ0) is 13.9. The second-order valence-electron chi connectivity index (χ2n) is 4.60. The highest BCUT2D eigenvalue weighted by atomic mass is 79.9. The average Bonchev–Trinajstić information content (AvgIpc) is 2.88. The van der Waals surface area contributed by atoms with Crippen molar-refractivity contribution in [2.75, 3.05) is 14.2 Å². The molecular weight excluding hydrogens is 310 g/mol. The van der Waals surface area contributed by atoms with Gasteiger partial charge in [0.05, 0.1) is 14.2 Å². The summed E-state index contributed by atoms with van der Waals surface area (Å²) in [6.07, 6.45) is 5.45. The van der Waals surface area contributed by atoms with Crippen LogP contribution in [0.3, 0.4) is 0 Å². The number of nitrogens with zero attached hydrogens (tertiary/aromatic N) is 1. The minimum atomic E-state index is -0.541. The first-order chi connectivity index (χ1) is 9.18. The SMILES string of the molecule is COc1ccc(Br)c(C2(N=C=O)CCCC2)c1OC. The van der Waals surface area contributed by atoms with Crippen LogP contribution in [0.25, 0.3) is 0 Å². The van der Waals surface area contributed by atoms with Crippen LogP contribution in [0, 0.1) is 0 Å². The molecule has 0 radical (unpaired) electrons. The summed E-state index contributed by atoms with van der Waals surface area (Å²) in [6, 6.07) is 3.73. The number of carbonyl (C=O) groups excluding carboxylic acids is 1. The van der Waals surface area contributed by atoms with Gasteiger partial charge in [0, 0.05) is 10.0 Å². The van der Waals surface area contributed by atoms with Gasteiger partial charge in [-0.3, -0.25) is 0 Å². The molecule has 1 aliphatic carbocycles. The number of hydrogen-bond donors (Lipinski definition) is 0. The van der Waals surface area contributed by atoms with Gasteiger partial charge in [-0.25, -0.2) is 4.79 Å². The molecule has 0 aromatic heterocycles. The van der Waals surface area contributed by atoms with Crippen LogP contribution in [0.4, 0.5) is 0 Å². The van der Waals surface area contributed by atoms with Crippen molar-refractivity contribution in [1.82, 2.24) is 0 Å². The maximum atomic E-state index is 10.8. The molecule has 19 heavy (non-hydrogen) atoms. The lowest BCUT2D eigenvalue weighted by atomic mass is 9.88. The van der Waals surface area contributed by atoms with Crippen LogP contribution < -0.4 is 9.47 Å². The zero-order valence-corrected chi connectivity index (χ0v) is 12.6. The summed E-state index contributed by atoms with van der Waals surface area (Å²) in [5, 5.41) is 0. The highest BCUT2D eigenvalue weighted by molar-refractivity contribution is 9.10. The molecule has 0 saturated heterocycles. The van der Waals surface area contributed by atoms with Crippen molar-refractivity contribution >= 4 is 22.0 Å². The largest absolute Gasteiger partial charge is 0.493 e. The Labute approximate surface area is 120 Å². The van der Waals surface area contributed by atoms with Crippen LogP contribution in [-0.4, -0.2) is 20.3 Å². The van der Waals surface area contributed by atoms with Crippen LogP contribution in [0.15, 0.2) is 21.6 Å². The molecule has 1 fully saturated rings. The molecule has 0 amide bonds. The average molecular weight is 326 g/mol. The van der Waals surface area contributed by atoms with E-state index in [0.717, 1.165) is 35.7 Å². The number of isocyanates is 1. The highest BCUT2D eigenvalue weighted by Crippen LogP contribution is 2.51. The first-order valence-electron chi connectivity index (χ1n) is 6.18. The molecule has 4 nitrogen and oxygen atoms in total. The Bertz CT molecular complexity index is 518. The van der Waals surface area contributed by atoms with E-state index in [2.05, 4.69) is 20.9 Å². The number of halogens is 1. The first-order valence-corrected chi connectivity index (χ1v) is 6.98. The lowest BCUT2D eigenvalue weighted by molar-refractivity contribution is 0.336. The molecule has 0 spiro atoms. The second-order valence-corrected chi connectivity index (χ2v) is 5.45. The predicted molar refractivity (Wildman–Crippen MR) is 75.5 cm³/mol. The summed E-state index contributed by atoms with van der Waals surface area (Å²) < 4.78 is 11.7. The van der Waals surface area contributed by atoms with Gasteiger partial charge < -0.3 is 9.47 Å². The highest BCUT2D eigenvalue weighted by Gasteiger charge is 2.40. The number of methoxy groups -OCH3 is 2. The van der Waals surface area contributed by atoms with Crippen LogP contribution in [0.5, 0.6) is 11.5 Å².